The van der Waals surface area contributed by atoms with Crippen molar-refractivity contribution < 1.29 is 9.59 Å². The van der Waals surface area contributed by atoms with Gasteiger partial charge in [0.1, 0.15) is 5.82 Å². The number of aryl methyl sites for hydroxylation is 2. The molecule has 27 heavy (non-hydrogen) atoms. The van der Waals surface area contributed by atoms with Gasteiger partial charge in [0, 0.05) is 29.2 Å². The van der Waals surface area contributed by atoms with E-state index in [0.717, 1.165) is 54.3 Å². The van der Waals surface area contributed by atoms with E-state index in [9.17, 15) is 9.59 Å². The fraction of sp³-hybridized carbons (Fsp3) is 0.350. The minimum Gasteiger partial charge on any atom is -0.370 e. The van der Waals surface area contributed by atoms with Gasteiger partial charge in [-0.3, -0.25) is 9.59 Å². The number of hydrogen-bond donors (Lipinski definition) is 3. The molecule has 6 nitrogen and oxygen atoms in total. The Balaban J connectivity index is 1.28. The lowest BCUT2D eigenvalue weighted by atomic mass is 10.1. The molecule has 7 heteroatoms. The number of pyridine rings is 1. The topological polar surface area (TPSA) is 83.1 Å². The van der Waals surface area contributed by atoms with Crippen LogP contribution in [0.2, 0.25) is 0 Å². The van der Waals surface area contributed by atoms with E-state index in [4.69, 9.17) is 0 Å². The van der Waals surface area contributed by atoms with Gasteiger partial charge in [-0.2, -0.15) is 0 Å². The molecule has 0 fully saturated rings. The zero-order valence-electron chi connectivity index (χ0n) is 15.0. The van der Waals surface area contributed by atoms with E-state index in [1.54, 1.807) is 12.1 Å². The van der Waals surface area contributed by atoms with Gasteiger partial charge in [-0.05, 0) is 55.5 Å². The molecule has 2 amide bonds. The van der Waals surface area contributed by atoms with Gasteiger partial charge >= 0.3 is 0 Å². The summed E-state index contributed by atoms with van der Waals surface area (Å²) in [7, 11) is 0. The lowest BCUT2D eigenvalue weighted by molar-refractivity contribution is -0.113. The van der Waals surface area contributed by atoms with Crippen molar-refractivity contribution in [3.05, 3.63) is 47.2 Å². The Hall–Kier alpha value is -2.54. The maximum absolute atomic E-state index is 12.4. The van der Waals surface area contributed by atoms with Gasteiger partial charge in [0.05, 0.1) is 11.4 Å². The van der Waals surface area contributed by atoms with Crippen molar-refractivity contribution >= 4 is 35.1 Å². The maximum Gasteiger partial charge on any atom is 0.251 e. The molecule has 2 aliphatic rings. The highest BCUT2D eigenvalue weighted by Gasteiger charge is 2.17. The number of amides is 2. The number of hydrogen-bond acceptors (Lipinski definition) is 5. The average Bonchev–Trinajstić information content (AvgIpc) is 2.70. The second-order valence-corrected chi connectivity index (χ2v) is 7.77. The first-order valence-corrected chi connectivity index (χ1v) is 10.3. The monoisotopic (exact) mass is 382 g/mol. The lowest BCUT2D eigenvalue weighted by Gasteiger charge is -2.17. The number of benzene rings is 1. The van der Waals surface area contributed by atoms with Crippen molar-refractivity contribution in [1.82, 2.24) is 10.3 Å². The fourth-order valence-electron chi connectivity index (χ4n) is 3.30. The lowest BCUT2D eigenvalue weighted by Crippen LogP contribution is -2.25. The molecule has 0 saturated heterocycles. The molecule has 140 valence electrons. The van der Waals surface area contributed by atoms with E-state index in [0.29, 0.717) is 17.9 Å². The summed E-state index contributed by atoms with van der Waals surface area (Å²) in [6.07, 6.45) is 3.93. The van der Waals surface area contributed by atoms with Crippen LogP contribution in [0.5, 0.6) is 0 Å². The summed E-state index contributed by atoms with van der Waals surface area (Å²) in [5.41, 5.74) is 3.74. The van der Waals surface area contributed by atoms with Gasteiger partial charge in [0.2, 0.25) is 5.91 Å². The van der Waals surface area contributed by atoms with Gasteiger partial charge in [-0.25, -0.2) is 4.98 Å². The second kappa shape index (κ2) is 8.00. The Morgan fingerprint density at radius 1 is 1.26 bits per heavy atom. The minimum absolute atomic E-state index is 0.00399. The number of nitrogens with zero attached hydrogens (tertiary/aromatic N) is 1. The molecule has 0 aliphatic carbocycles. The summed E-state index contributed by atoms with van der Waals surface area (Å²) in [6, 6.07) is 9.62. The first kappa shape index (κ1) is 17.9. The smallest absolute Gasteiger partial charge is 0.251 e. The zero-order chi connectivity index (χ0) is 18.6. The van der Waals surface area contributed by atoms with E-state index < -0.39 is 0 Å². The van der Waals surface area contributed by atoms with Crippen molar-refractivity contribution in [2.45, 2.75) is 30.6 Å². The molecule has 4 rings (SSSR count). The predicted molar refractivity (Wildman–Crippen MR) is 107 cm³/mol. The molecular weight excluding hydrogens is 360 g/mol. The van der Waals surface area contributed by atoms with E-state index in [1.807, 2.05) is 6.07 Å². The zero-order valence-corrected chi connectivity index (χ0v) is 15.8. The Labute approximate surface area is 162 Å². The van der Waals surface area contributed by atoms with E-state index in [-0.39, 0.29) is 11.8 Å². The number of rotatable bonds is 5. The van der Waals surface area contributed by atoms with Crippen LogP contribution in [0, 0.1) is 0 Å². The highest BCUT2D eigenvalue weighted by Crippen LogP contribution is 2.32. The number of nitrogens with one attached hydrogen (secondary N) is 3. The summed E-state index contributed by atoms with van der Waals surface area (Å²) in [4.78, 5) is 29.4. The number of anilines is 2. The van der Waals surface area contributed by atoms with E-state index >= 15 is 0 Å². The standard InChI is InChI=1S/C20H22N4O2S/c25-18-12-27-17-11-14(6-8-16(17)24-18)20(26)22-10-2-4-15-7-5-13-3-1-9-21-19(13)23-15/h5-8,11H,1-4,9-10,12H2,(H,21,23)(H,22,26)(H,24,25). The number of aromatic nitrogens is 1. The van der Waals surface area contributed by atoms with Gasteiger partial charge in [0.15, 0.2) is 0 Å². The van der Waals surface area contributed by atoms with Crippen LogP contribution in [0.3, 0.4) is 0 Å². The fourth-order valence-corrected chi connectivity index (χ4v) is 4.14. The van der Waals surface area contributed by atoms with Crippen molar-refractivity contribution in [3.8, 4) is 0 Å². The molecule has 0 spiro atoms. The van der Waals surface area contributed by atoms with Crippen LogP contribution in [0.15, 0.2) is 35.2 Å². The SMILES string of the molecule is O=C1CSc2cc(C(=O)NCCCc3ccc4c(n3)NCCC4)ccc2N1. The highest BCUT2D eigenvalue weighted by molar-refractivity contribution is 8.00. The number of carbonyl (C=O) groups excluding carboxylic acids is 2. The normalized spacial score (nSPS) is 15.2. The van der Waals surface area contributed by atoms with Crippen molar-refractivity contribution in [2.75, 3.05) is 29.5 Å². The Kier molecular flexibility index (Phi) is 5.29. The van der Waals surface area contributed by atoms with Crippen LogP contribution in [0.4, 0.5) is 11.5 Å². The summed E-state index contributed by atoms with van der Waals surface area (Å²) in [5.74, 6) is 1.31. The predicted octanol–water partition coefficient (Wildman–Crippen LogP) is 2.85. The quantitative estimate of drug-likeness (QED) is 0.693. The summed E-state index contributed by atoms with van der Waals surface area (Å²) >= 11 is 1.46. The van der Waals surface area contributed by atoms with Gasteiger partial charge in [0.25, 0.3) is 5.91 Å². The second-order valence-electron chi connectivity index (χ2n) is 6.75. The molecule has 0 unspecified atom stereocenters. The molecule has 0 saturated carbocycles. The van der Waals surface area contributed by atoms with Crippen molar-refractivity contribution in [1.29, 1.82) is 0 Å². The number of fused-ring (bicyclic) bond motifs is 2. The van der Waals surface area contributed by atoms with Crippen molar-refractivity contribution in [3.63, 3.8) is 0 Å². The highest BCUT2D eigenvalue weighted by atomic mass is 32.2. The van der Waals surface area contributed by atoms with E-state index in [1.165, 1.54) is 17.3 Å². The van der Waals surface area contributed by atoms with Crippen LogP contribution in [0.25, 0.3) is 0 Å². The van der Waals surface area contributed by atoms with E-state index in [2.05, 4.69) is 33.1 Å². The van der Waals surface area contributed by atoms with Crippen LogP contribution in [-0.2, 0) is 17.6 Å². The first-order chi connectivity index (χ1) is 13.2. The number of carbonyl (C=O) groups is 2. The van der Waals surface area contributed by atoms with Gasteiger partial charge in [-0.15, -0.1) is 11.8 Å². The third-order valence-electron chi connectivity index (χ3n) is 4.72. The molecule has 3 N–H and O–H groups in total. The van der Waals surface area contributed by atoms with Gasteiger partial charge < -0.3 is 16.0 Å². The Morgan fingerprint density at radius 2 is 2.19 bits per heavy atom. The average molecular weight is 382 g/mol. The summed E-state index contributed by atoms with van der Waals surface area (Å²) < 4.78 is 0. The molecule has 1 aromatic heterocycles. The first-order valence-electron chi connectivity index (χ1n) is 9.26. The van der Waals surface area contributed by atoms with Crippen LogP contribution >= 0.6 is 11.8 Å². The van der Waals surface area contributed by atoms with Crippen molar-refractivity contribution in [2.24, 2.45) is 0 Å². The summed E-state index contributed by atoms with van der Waals surface area (Å²) in [6.45, 7) is 1.59. The largest absolute Gasteiger partial charge is 0.370 e. The third kappa shape index (κ3) is 4.24. The molecule has 0 radical (unpaired) electrons. The molecule has 0 bridgehead atoms. The Morgan fingerprint density at radius 3 is 3.11 bits per heavy atom. The molecule has 2 aromatic rings. The van der Waals surface area contributed by atoms with Crippen LogP contribution in [-0.4, -0.2) is 35.6 Å². The minimum atomic E-state index is -0.0876. The van der Waals surface area contributed by atoms with Crippen LogP contribution < -0.4 is 16.0 Å². The summed E-state index contributed by atoms with van der Waals surface area (Å²) in [5, 5.41) is 9.13. The molecule has 1 aromatic carbocycles. The molecule has 2 aliphatic heterocycles. The molecule has 0 atom stereocenters. The van der Waals surface area contributed by atoms with Crippen LogP contribution in [0.1, 0.15) is 34.5 Å². The Bertz CT molecular complexity index is 884. The van der Waals surface area contributed by atoms with Gasteiger partial charge in [-0.1, -0.05) is 6.07 Å². The maximum atomic E-state index is 12.4. The molecule has 3 heterocycles. The number of thioether (sulfide) groups is 1. The molecular formula is C20H22N4O2S. The third-order valence-corrected chi connectivity index (χ3v) is 5.78.